The number of ether oxygens (including phenoxy) is 1. The quantitative estimate of drug-likeness (QED) is 0.767. The highest BCUT2D eigenvalue weighted by Crippen LogP contribution is 2.17. The van der Waals surface area contributed by atoms with Gasteiger partial charge in [-0.15, -0.1) is 0 Å². The summed E-state index contributed by atoms with van der Waals surface area (Å²) in [4.78, 5) is 22.3. The van der Waals surface area contributed by atoms with Crippen molar-refractivity contribution < 1.29 is 23.8 Å². The monoisotopic (exact) mass is 303 g/mol. The van der Waals surface area contributed by atoms with Crippen LogP contribution >= 0.6 is 0 Å². The van der Waals surface area contributed by atoms with Crippen LogP contribution in [0.15, 0.2) is 41.0 Å². The van der Waals surface area contributed by atoms with Crippen molar-refractivity contribution in [2.24, 2.45) is 0 Å². The number of hydrogen-bond acceptors (Lipinski definition) is 4. The normalized spacial score (nSPS) is 10.2. The maximum absolute atomic E-state index is 11.9. The first-order valence-electron chi connectivity index (χ1n) is 6.86. The zero-order chi connectivity index (χ0) is 15.9. The van der Waals surface area contributed by atoms with E-state index in [1.54, 1.807) is 37.3 Å². The minimum Gasteiger partial charge on any atom is -0.494 e. The highest BCUT2D eigenvalue weighted by Gasteiger charge is 2.08. The summed E-state index contributed by atoms with van der Waals surface area (Å²) >= 11 is 0. The van der Waals surface area contributed by atoms with Crippen LogP contribution in [0.2, 0.25) is 0 Å². The number of carbonyl (C=O) groups excluding carboxylic acids is 1. The summed E-state index contributed by atoms with van der Waals surface area (Å²) in [5.41, 5.74) is 1.10. The minimum absolute atomic E-state index is 0.0816. The molecule has 0 aliphatic rings. The summed E-state index contributed by atoms with van der Waals surface area (Å²) in [7, 11) is 0. The predicted octanol–water partition coefficient (Wildman–Crippen LogP) is 3.08. The fraction of sp³-hybridized carbons (Fsp3) is 0.250. The van der Waals surface area contributed by atoms with Gasteiger partial charge in [-0.05, 0) is 43.7 Å². The molecule has 2 aromatic rings. The molecule has 0 unspecified atom stereocenters. The van der Waals surface area contributed by atoms with Gasteiger partial charge in [-0.2, -0.15) is 0 Å². The lowest BCUT2D eigenvalue weighted by molar-refractivity contribution is -0.137. The highest BCUT2D eigenvalue weighted by atomic mass is 16.5. The molecular weight excluding hydrogens is 286 g/mol. The fourth-order valence-electron chi connectivity index (χ4n) is 1.81. The maximum Gasteiger partial charge on any atom is 0.303 e. The second-order valence-corrected chi connectivity index (χ2v) is 4.77. The first-order chi connectivity index (χ1) is 10.5. The topological polar surface area (TPSA) is 88.8 Å². The number of benzene rings is 1. The molecule has 0 spiro atoms. The Balaban J connectivity index is 1.84. The molecule has 22 heavy (non-hydrogen) atoms. The number of nitrogens with one attached hydrogen (secondary N) is 1. The van der Waals surface area contributed by atoms with Crippen LogP contribution in [0, 0.1) is 6.92 Å². The van der Waals surface area contributed by atoms with Crippen LogP contribution in [-0.2, 0) is 4.79 Å². The van der Waals surface area contributed by atoms with Gasteiger partial charge >= 0.3 is 5.97 Å². The molecule has 116 valence electrons. The molecule has 0 saturated carbocycles. The Morgan fingerprint density at radius 3 is 2.59 bits per heavy atom. The number of anilines is 1. The molecule has 0 saturated heterocycles. The number of carboxylic acids is 1. The van der Waals surface area contributed by atoms with Gasteiger partial charge in [0.1, 0.15) is 17.8 Å². The van der Waals surface area contributed by atoms with E-state index in [9.17, 15) is 9.59 Å². The van der Waals surface area contributed by atoms with Crippen molar-refractivity contribution >= 4 is 17.6 Å². The largest absolute Gasteiger partial charge is 0.494 e. The van der Waals surface area contributed by atoms with E-state index in [0.717, 1.165) is 0 Å². The average molecular weight is 303 g/mol. The molecule has 0 aliphatic carbocycles. The number of carboxylic acid groups (broad SMARTS) is 1. The minimum atomic E-state index is -0.837. The number of carbonyl (C=O) groups is 2. The van der Waals surface area contributed by atoms with E-state index < -0.39 is 5.97 Å². The Labute approximate surface area is 127 Å². The van der Waals surface area contributed by atoms with Gasteiger partial charge in [0.15, 0.2) is 0 Å². The average Bonchev–Trinajstić information content (AvgIpc) is 2.92. The van der Waals surface area contributed by atoms with Gasteiger partial charge < -0.3 is 19.6 Å². The zero-order valence-electron chi connectivity index (χ0n) is 12.2. The van der Waals surface area contributed by atoms with Crippen LogP contribution in [0.1, 0.15) is 29.0 Å². The van der Waals surface area contributed by atoms with Crippen molar-refractivity contribution in [1.29, 1.82) is 0 Å². The molecule has 0 aliphatic heterocycles. The van der Waals surface area contributed by atoms with Gasteiger partial charge in [0.05, 0.1) is 12.2 Å². The number of hydrogen-bond donors (Lipinski definition) is 2. The Hall–Kier alpha value is -2.76. The smallest absolute Gasteiger partial charge is 0.303 e. The van der Waals surface area contributed by atoms with Crippen LogP contribution in [-0.4, -0.2) is 23.6 Å². The van der Waals surface area contributed by atoms with Gasteiger partial charge in [-0.1, -0.05) is 0 Å². The number of aliphatic carboxylic acids is 1. The molecule has 0 atom stereocenters. The summed E-state index contributed by atoms with van der Waals surface area (Å²) in [6.07, 6.45) is 1.94. The molecule has 1 aromatic carbocycles. The van der Waals surface area contributed by atoms with Crippen molar-refractivity contribution in [3.63, 3.8) is 0 Å². The van der Waals surface area contributed by atoms with Crippen molar-refractivity contribution in [2.75, 3.05) is 11.9 Å². The lowest BCUT2D eigenvalue weighted by Gasteiger charge is -2.07. The van der Waals surface area contributed by atoms with Crippen LogP contribution in [0.5, 0.6) is 5.75 Å². The van der Waals surface area contributed by atoms with Gasteiger partial charge in [0, 0.05) is 12.1 Å². The summed E-state index contributed by atoms with van der Waals surface area (Å²) in [5.74, 6) is 0.223. The number of furan rings is 1. The second-order valence-electron chi connectivity index (χ2n) is 4.77. The Kier molecular flexibility index (Phi) is 5.19. The third-order valence-corrected chi connectivity index (χ3v) is 2.91. The zero-order valence-corrected chi connectivity index (χ0v) is 12.2. The Morgan fingerprint density at radius 1 is 1.27 bits per heavy atom. The van der Waals surface area contributed by atoms with E-state index in [1.807, 2.05) is 0 Å². The fourth-order valence-corrected chi connectivity index (χ4v) is 1.81. The van der Waals surface area contributed by atoms with E-state index in [2.05, 4.69) is 5.32 Å². The van der Waals surface area contributed by atoms with Gasteiger partial charge in [-0.25, -0.2) is 0 Å². The number of rotatable bonds is 7. The first kappa shape index (κ1) is 15.6. The first-order valence-corrected chi connectivity index (χ1v) is 6.86. The van der Waals surface area contributed by atoms with Crippen LogP contribution < -0.4 is 10.1 Å². The van der Waals surface area contributed by atoms with Gasteiger partial charge in [0.25, 0.3) is 5.91 Å². The molecular formula is C16H17NO5. The van der Waals surface area contributed by atoms with Crippen molar-refractivity contribution in [3.8, 4) is 5.75 Å². The molecule has 2 rings (SSSR count). The molecule has 1 aromatic heterocycles. The van der Waals surface area contributed by atoms with Gasteiger partial charge in [-0.3, -0.25) is 9.59 Å². The third kappa shape index (κ3) is 4.66. The third-order valence-electron chi connectivity index (χ3n) is 2.91. The van der Waals surface area contributed by atoms with E-state index in [1.165, 1.54) is 6.26 Å². The van der Waals surface area contributed by atoms with Crippen molar-refractivity contribution in [1.82, 2.24) is 0 Å². The van der Waals surface area contributed by atoms with E-state index in [4.69, 9.17) is 14.3 Å². The van der Waals surface area contributed by atoms with Crippen LogP contribution in [0.4, 0.5) is 5.69 Å². The maximum atomic E-state index is 11.9. The number of amides is 1. The van der Waals surface area contributed by atoms with Crippen molar-refractivity contribution in [3.05, 3.63) is 47.9 Å². The second kappa shape index (κ2) is 7.31. The van der Waals surface area contributed by atoms with E-state index >= 15 is 0 Å². The lowest BCUT2D eigenvalue weighted by atomic mass is 10.2. The molecule has 6 heteroatoms. The Bertz CT molecular complexity index is 645. The predicted molar refractivity (Wildman–Crippen MR) is 80.2 cm³/mol. The molecule has 6 nitrogen and oxygen atoms in total. The van der Waals surface area contributed by atoms with E-state index in [0.29, 0.717) is 35.8 Å². The highest BCUT2D eigenvalue weighted by molar-refractivity contribution is 6.04. The molecule has 0 radical (unpaired) electrons. The van der Waals surface area contributed by atoms with E-state index in [-0.39, 0.29) is 12.3 Å². The summed E-state index contributed by atoms with van der Waals surface area (Å²) in [5, 5.41) is 11.3. The summed E-state index contributed by atoms with van der Waals surface area (Å²) in [6, 6.07) is 8.54. The molecule has 0 bridgehead atoms. The lowest BCUT2D eigenvalue weighted by Crippen LogP contribution is -2.10. The van der Waals surface area contributed by atoms with Crippen LogP contribution in [0.3, 0.4) is 0 Å². The number of aryl methyl sites for hydroxylation is 1. The van der Waals surface area contributed by atoms with Crippen molar-refractivity contribution in [2.45, 2.75) is 19.8 Å². The summed E-state index contributed by atoms with van der Waals surface area (Å²) in [6.45, 7) is 2.11. The molecule has 0 fully saturated rings. The molecule has 1 heterocycles. The molecule has 2 N–H and O–H groups in total. The van der Waals surface area contributed by atoms with Crippen LogP contribution in [0.25, 0.3) is 0 Å². The Morgan fingerprint density at radius 2 is 2.00 bits per heavy atom. The standard InChI is InChI=1S/C16H17NO5/c1-11-9-12(10-22-11)16(20)17-13-4-6-14(7-5-13)21-8-2-3-15(18)19/h4-7,9-10H,2-3,8H2,1H3,(H,17,20)(H,18,19). The summed E-state index contributed by atoms with van der Waals surface area (Å²) < 4.78 is 10.5. The SMILES string of the molecule is Cc1cc(C(=O)Nc2ccc(OCCCC(=O)O)cc2)co1. The van der Waals surface area contributed by atoms with Gasteiger partial charge in [0.2, 0.25) is 0 Å². The molecule has 1 amide bonds.